The summed E-state index contributed by atoms with van der Waals surface area (Å²) in [5.41, 5.74) is 0.826. The fourth-order valence-corrected chi connectivity index (χ4v) is 2.59. The van der Waals surface area contributed by atoms with Gasteiger partial charge in [-0.1, -0.05) is 19.0 Å². The third kappa shape index (κ3) is 3.11. The second-order valence-electron chi connectivity index (χ2n) is 5.21. The summed E-state index contributed by atoms with van der Waals surface area (Å²) in [6.45, 7) is 6.03. The standard InChI is InChI=1S/C14H16N6OS/c1-8(2)11(17-14-16-9(3)20-22-14)13-18-12(19-21-13)10-5-4-6-15-7-10/h4-8,11H,1-3H3,(H,16,17,20). The lowest BCUT2D eigenvalue weighted by Gasteiger charge is -2.17. The molecule has 8 heteroatoms. The second kappa shape index (κ2) is 6.18. The average molecular weight is 316 g/mol. The van der Waals surface area contributed by atoms with Crippen LogP contribution in [0.3, 0.4) is 0 Å². The number of hydrogen-bond donors (Lipinski definition) is 1. The summed E-state index contributed by atoms with van der Waals surface area (Å²) >= 11 is 1.32. The van der Waals surface area contributed by atoms with Crippen LogP contribution in [0.1, 0.15) is 31.6 Å². The van der Waals surface area contributed by atoms with Gasteiger partial charge in [0.15, 0.2) is 0 Å². The monoisotopic (exact) mass is 316 g/mol. The quantitative estimate of drug-likeness (QED) is 0.773. The van der Waals surface area contributed by atoms with Gasteiger partial charge in [0.25, 0.3) is 0 Å². The van der Waals surface area contributed by atoms with E-state index in [1.807, 2.05) is 19.1 Å². The molecule has 0 bridgehead atoms. The maximum Gasteiger partial charge on any atom is 0.249 e. The van der Waals surface area contributed by atoms with E-state index in [0.29, 0.717) is 11.7 Å². The van der Waals surface area contributed by atoms with Crippen molar-refractivity contribution in [2.75, 3.05) is 5.32 Å². The predicted molar refractivity (Wildman–Crippen MR) is 83.4 cm³/mol. The molecular formula is C14H16N6OS. The van der Waals surface area contributed by atoms with Crippen LogP contribution in [-0.2, 0) is 0 Å². The van der Waals surface area contributed by atoms with Crippen molar-refractivity contribution in [3.63, 3.8) is 0 Å². The summed E-state index contributed by atoms with van der Waals surface area (Å²) < 4.78 is 9.60. The van der Waals surface area contributed by atoms with Crippen LogP contribution >= 0.6 is 11.5 Å². The number of nitrogens with one attached hydrogen (secondary N) is 1. The summed E-state index contributed by atoms with van der Waals surface area (Å²) in [6.07, 6.45) is 3.42. The van der Waals surface area contributed by atoms with E-state index in [1.54, 1.807) is 12.4 Å². The first-order chi connectivity index (χ1) is 10.6. The Hall–Kier alpha value is -2.35. The number of pyridine rings is 1. The van der Waals surface area contributed by atoms with E-state index < -0.39 is 0 Å². The van der Waals surface area contributed by atoms with Crippen molar-refractivity contribution in [3.05, 3.63) is 36.2 Å². The molecule has 3 aromatic heterocycles. The van der Waals surface area contributed by atoms with Gasteiger partial charge in [0, 0.05) is 29.5 Å². The van der Waals surface area contributed by atoms with Crippen molar-refractivity contribution in [1.29, 1.82) is 0 Å². The van der Waals surface area contributed by atoms with E-state index in [9.17, 15) is 0 Å². The maximum atomic E-state index is 5.43. The van der Waals surface area contributed by atoms with Crippen molar-refractivity contribution >= 4 is 16.7 Å². The van der Waals surface area contributed by atoms with Gasteiger partial charge in [0.2, 0.25) is 16.8 Å². The zero-order chi connectivity index (χ0) is 15.5. The Morgan fingerprint density at radius 2 is 2.14 bits per heavy atom. The van der Waals surface area contributed by atoms with Crippen molar-refractivity contribution in [3.8, 4) is 11.4 Å². The molecule has 114 valence electrons. The largest absolute Gasteiger partial charge is 0.348 e. The van der Waals surface area contributed by atoms with E-state index in [2.05, 4.69) is 43.6 Å². The normalized spacial score (nSPS) is 12.5. The molecule has 0 aliphatic rings. The van der Waals surface area contributed by atoms with Gasteiger partial charge < -0.3 is 9.84 Å². The maximum absolute atomic E-state index is 5.43. The first-order valence-electron chi connectivity index (χ1n) is 6.94. The van der Waals surface area contributed by atoms with Gasteiger partial charge in [-0.25, -0.2) is 4.98 Å². The van der Waals surface area contributed by atoms with Crippen LogP contribution in [-0.4, -0.2) is 24.5 Å². The molecule has 0 aromatic carbocycles. The highest BCUT2D eigenvalue weighted by Gasteiger charge is 2.24. The van der Waals surface area contributed by atoms with Crippen LogP contribution in [0.2, 0.25) is 0 Å². The minimum Gasteiger partial charge on any atom is -0.348 e. The molecule has 22 heavy (non-hydrogen) atoms. The number of aryl methyl sites for hydroxylation is 1. The van der Waals surface area contributed by atoms with Crippen LogP contribution < -0.4 is 5.32 Å². The highest BCUT2D eigenvalue weighted by atomic mass is 32.1. The van der Waals surface area contributed by atoms with Gasteiger partial charge >= 0.3 is 0 Å². The van der Waals surface area contributed by atoms with Gasteiger partial charge in [-0.05, 0) is 25.0 Å². The van der Waals surface area contributed by atoms with Gasteiger partial charge in [-0.15, -0.1) is 0 Å². The topological polar surface area (TPSA) is 89.6 Å². The Morgan fingerprint density at radius 3 is 2.77 bits per heavy atom. The van der Waals surface area contributed by atoms with Gasteiger partial charge in [-0.3, -0.25) is 4.98 Å². The number of hydrogen-bond acceptors (Lipinski definition) is 8. The molecule has 0 aliphatic heterocycles. The Kier molecular flexibility index (Phi) is 4.10. The third-order valence-electron chi connectivity index (χ3n) is 3.10. The Bertz CT molecular complexity index is 739. The second-order valence-corrected chi connectivity index (χ2v) is 5.96. The van der Waals surface area contributed by atoms with E-state index in [0.717, 1.165) is 16.5 Å². The number of nitrogens with zero attached hydrogens (tertiary/aromatic N) is 5. The lowest BCUT2D eigenvalue weighted by atomic mass is 10.0. The molecule has 0 spiro atoms. The van der Waals surface area contributed by atoms with Gasteiger partial charge in [-0.2, -0.15) is 9.36 Å². The van der Waals surface area contributed by atoms with Crippen molar-refractivity contribution < 1.29 is 4.52 Å². The molecule has 0 amide bonds. The van der Waals surface area contributed by atoms with Crippen molar-refractivity contribution in [2.45, 2.75) is 26.8 Å². The third-order valence-corrected chi connectivity index (χ3v) is 3.84. The molecule has 0 aliphatic carbocycles. The summed E-state index contributed by atoms with van der Waals surface area (Å²) in [6, 6.07) is 3.62. The van der Waals surface area contributed by atoms with Crippen LogP contribution in [0.25, 0.3) is 11.4 Å². The molecule has 3 aromatic rings. The molecule has 3 heterocycles. The van der Waals surface area contributed by atoms with Gasteiger partial charge in [0.1, 0.15) is 11.9 Å². The molecule has 1 atom stereocenters. The zero-order valence-corrected chi connectivity index (χ0v) is 13.3. The van der Waals surface area contributed by atoms with Crippen LogP contribution in [0, 0.1) is 12.8 Å². The number of aromatic nitrogens is 5. The average Bonchev–Trinajstić information content (AvgIpc) is 3.14. The fourth-order valence-electron chi connectivity index (χ4n) is 1.98. The minimum absolute atomic E-state index is 0.120. The van der Waals surface area contributed by atoms with E-state index >= 15 is 0 Å². The molecule has 0 saturated heterocycles. The first kappa shape index (κ1) is 14.6. The van der Waals surface area contributed by atoms with E-state index in [-0.39, 0.29) is 12.0 Å². The van der Waals surface area contributed by atoms with E-state index in [4.69, 9.17) is 4.52 Å². The molecule has 1 unspecified atom stereocenters. The van der Waals surface area contributed by atoms with Crippen LogP contribution in [0.4, 0.5) is 5.13 Å². The zero-order valence-electron chi connectivity index (χ0n) is 12.5. The molecule has 0 saturated carbocycles. The van der Waals surface area contributed by atoms with Crippen LogP contribution in [0.15, 0.2) is 29.0 Å². The van der Waals surface area contributed by atoms with E-state index in [1.165, 1.54) is 11.5 Å². The smallest absolute Gasteiger partial charge is 0.249 e. The fraction of sp³-hybridized carbons (Fsp3) is 0.357. The Morgan fingerprint density at radius 1 is 1.27 bits per heavy atom. The molecule has 0 fully saturated rings. The van der Waals surface area contributed by atoms with Crippen molar-refractivity contribution in [2.24, 2.45) is 5.92 Å². The summed E-state index contributed by atoms with van der Waals surface area (Å²) in [4.78, 5) is 12.9. The highest BCUT2D eigenvalue weighted by molar-refractivity contribution is 7.09. The number of anilines is 1. The van der Waals surface area contributed by atoms with Crippen LogP contribution in [0.5, 0.6) is 0 Å². The first-order valence-corrected chi connectivity index (χ1v) is 7.71. The number of rotatable bonds is 5. The SMILES string of the molecule is Cc1nsc(NC(c2nc(-c3cccnc3)no2)C(C)C)n1. The lowest BCUT2D eigenvalue weighted by Crippen LogP contribution is -2.17. The molecule has 0 radical (unpaired) electrons. The van der Waals surface area contributed by atoms with Gasteiger partial charge in [0.05, 0.1) is 0 Å². The molecule has 7 nitrogen and oxygen atoms in total. The lowest BCUT2D eigenvalue weighted by molar-refractivity contribution is 0.336. The Labute approximate surface area is 132 Å². The summed E-state index contributed by atoms with van der Waals surface area (Å²) in [5.74, 6) is 2.06. The predicted octanol–water partition coefficient (Wildman–Crippen LogP) is 3.10. The molecule has 1 N–H and O–H groups in total. The highest BCUT2D eigenvalue weighted by Crippen LogP contribution is 2.27. The summed E-state index contributed by atoms with van der Waals surface area (Å²) in [5, 5.41) is 8.10. The Balaban J connectivity index is 1.85. The molecule has 3 rings (SSSR count). The molecular weight excluding hydrogens is 300 g/mol. The summed E-state index contributed by atoms with van der Waals surface area (Å²) in [7, 11) is 0. The minimum atomic E-state index is -0.120. The van der Waals surface area contributed by atoms with Crippen molar-refractivity contribution in [1.82, 2.24) is 24.5 Å².